The molecule has 1 aliphatic heterocycles. The van der Waals surface area contributed by atoms with Crippen LogP contribution in [-0.4, -0.2) is 53.6 Å². The van der Waals surface area contributed by atoms with E-state index in [1.807, 2.05) is 53.9 Å². The van der Waals surface area contributed by atoms with Crippen molar-refractivity contribution in [3.63, 3.8) is 0 Å². The maximum Gasteiger partial charge on any atom is 0.265 e. The molecule has 3 aromatic rings. The van der Waals surface area contributed by atoms with Gasteiger partial charge in [-0.05, 0) is 35.6 Å². The van der Waals surface area contributed by atoms with Gasteiger partial charge in [-0.2, -0.15) is 0 Å². The van der Waals surface area contributed by atoms with Crippen LogP contribution in [0, 0.1) is 0 Å². The molecular weight excluding hydrogens is 396 g/mol. The highest BCUT2D eigenvalue weighted by Crippen LogP contribution is 2.19. The lowest BCUT2D eigenvalue weighted by molar-refractivity contribution is 0.103. The van der Waals surface area contributed by atoms with Gasteiger partial charge in [-0.1, -0.05) is 36.4 Å². The second-order valence-corrected chi connectivity index (χ2v) is 8.35. The van der Waals surface area contributed by atoms with Gasteiger partial charge in [-0.3, -0.25) is 9.69 Å². The summed E-state index contributed by atoms with van der Waals surface area (Å²) in [4.78, 5) is 22.0. The zero-order valence-electron chi connectivity index (χ0n) is 16.8. The van der Waals surface area contributed by atoms with Gasteiger partial charge in [0.05, 0.1) is 22.9 Å². The van der Waals surface area contributed by atoms with Crippen molar-refractivity contribution in [3.05, 3.63) is 76.6 Å². The number of β-amino-alcohol motifs (C(OH)–C–C–N with tert-alkyl or cyclic N) is 1. The fourth-order valence-electron chi connectivity index (χ4n) is 3.66. The Labute approximate surface area is 180 Å². The van der Waals surface area contributed by atoms with Gasteiger partial charge >= 0.3 is 0 Å². The monoisotopic (exact) mass is 422 g/mol. The number of rotatable bonds is 6. The van der Waals surface area contributed by atoms with Crippen LogP contribution in [-0.2, 0) is 0 Å². The molecule has 0 bridgehead atoms. The molecule has 1 amide bonds. The van der Waals surface area contributed by atoms with Crippen LogP contribution >= 0.6 is 11.3 Å². The maximum atomic E-state index is 12.2. The Balaban J connectivity index is 1.31. The van der Waals surface area contributed by atoms with Crippen LogP contribution in [0.15, 0.2) is 66.2 Å². The van der Waals surface area contributed by atoms with Gasteiger partial charge in [0.25, 0.3) is 5.91 Å². The summed E-state index contributed by atoms with van der Waals surface area (Å²) in [5.74, 6) is 0.802. The third kappa shape index (κ3) is 5.24. The van der Waals surface area contributed by atoms with E-state index in [1.54, 1.807) is 12.3 Å². The van der Waals surface area contributed by atoms with Crippen LogP contribution < -0.4 is 10.2 Å². The summed E-state index contributed by atoms with van der Waals surface area (Å²) in [6.45, 7) is 4.25. The number of hydrogen-bond donors (Lipinski definition) is 2. The molecule has 2 aromatic heterocycles. The molecule has 1 saturated heterocycles. The van der Waals surface area contributed by atoms with Gasteiger partial charge in [0.1, 0.15) is 5.82 Å². The van der Waals surface area contributed by atoms with Gasteiger partial charge in [0.2, 0.25) is 0 Å². The molecule has 0 aliphatic carbocycles. The van der Waals surface area contributed by atoms with E-state index in [4.69, 9.17) is 0 Å². The highest BCUT2D eigenvalue weighted by atomic mass is 32.1. The van der Waals surface area contributed by atoms with Crippen LogP contribution in [0.3, 0.4) is 0 Å². The number of hydrogen-bond acceptors (Lipinski definition) is 6. The van der Waals surface area contributed by atoms with E-state index < -0.39 is 6.10 Å². The van der Waals surface area contributed by atoms with Crippen LogP contribution in [0.4, 0.5) is 11.5 Å². The van der Waals surface area contributed by atoms with Gasteiger partial charge < -0.3 is 15.3 Å². The van der Waals surface area contributed by atoms with Crippen molar-refractivity contribution < 1.29 is 9.90 Å². The van der Waals surface area contributed by atoms with Crippen molar-refractivity contribution in [2.24, 2.45) is 0 Å². The van der Waals surface area contributed by atoms with Crippen molar-refractivity contribution in [3.8, 4) is 0 Å². The standard InChI is InChI=1S/C23H26N4O2S/c28-20(18-6-2-1-3-7-18)17-26-11-5-12-27(14-13-26)22-10-9-19(16-24-22)25-23(29)21-8-4-15-30-21/h1-4,6-10,15-16,20,28H,5,11-14,17H2,(H,25,29). The summed E-state index contributed by atoms with van der Waals surface area (Å²) in [6, 6.07) is 17.3. The minimum Gasteiger partial charge on any atom is -0.387 e. The van der Waals surface area contributed by atoms with Gasteiger partial charge in [0, 0.05) is 32.7 Å². The average Bonchev–Trinajstić information content (AvgIpc) is 3.23. The molecule has 2 N–H and O–H groups in total. The van der Waals surface area contributed by atoms with Crippen LogP contribution in [0.2, 0.25) is 0 Å². The third-order valence-electron chi connectivity index (χ3n) is 5.28. The number of aliphatic hydroxyl groups excluding tert-OH is 1. The van der Waals surface area contributed by atoms with Crippen LogP contribution in [0.25, 0.3) is 0 Å². The molecule has 1 fully saturated rings. The maximum absolute atomic E-state index is 12.2. The number of anilines is 2. The number of aromatic nitrogens is 1. The number of carbonyl (C=O) groups excluding carboxylic acids is 1. The first-order chi connectivity index (χ1) is 14.7. The summed E-state index contributed by atoms with van der Waals surface area (Å²) in [7, 11) is 0. The number of carbonyl (C=O) groups is 1. The molecule has 0 saturated carbocycles. The summed E-state index contributed by atoms with van der Waals surface area (Å²) in [6.07, 6.45) is 2.25. The number of nitrogens with zero attached hydrogens (tertiary/aromatic N) is 3. The number of pyridine rings is 1. The molecule has 156 valence electrons. The van der Waals surface area contributed by atoms with Gasteiger partial charge in [0.15, 0.2) is 0 Å². The Morgan fingerprint density at radius 2 is 1.93 bits per heavy atom. The predicted molar refractivity (Wildman–Crippen MR) is 121 cm³/mol. The number of benzene rings is 1. The second kappa shape index (κ2) is 9.84. The van der Waals surface area contributed by atoms with E-state index in [2.05, 4.69) is 20.1 Å². The van der Waals surface area contributed by atoms with Crippen molar-refractivity contribution in [2.45, 2.75) is 12.5 Å². The first kappa shape index (κ1) is 20.5. The molecule has 6 nitrogen and oxygen atoms in total. The van der Waals surface area contributed by atoms with Crippen molar-refractivity contribution in [2.75, 3.05) is 42.9 Å². The van der Waals surface area contributed by atoms with Gasteiger partial charge in [-0.25, -0.2) is 4.98 Å². The molecule has 1 unspecified atom stereocenters. The fraction of sp³-hybridized carbons (Fsp3) is 0.304. The SMILES string of the molecule is O=C(Nc1ccc(N2CCCN(CC(O)c3ccccc3)CC2)nc1)c1cccs1. The van der Waals surface area contributed by atoms with E-state index in [0.717, 1.165) is 44.0 Å². The topological polar surface area (TPSA) is 68.7 Å². The van der Waals surface area contributed by atoms with Crippen molar-refractivity contribution in [1.82, 2.24) is 9.88 Å². The molecule has 1 aliphatic rings. The summed E-state index contributed by atoms with van der Waals surface area (Å²) in [5, 5.41) is 15.3. The number of aliphatic hydroxyl groups is 1. The molecule has 1 atom stereocenters. The van der Waals surface area contributed by atoms with Gasteiger partial charge in [-0.15, -0.1) is 11.3 Å². The number of thiophene rings is 1. The van der Waals surface area contributed by atoms with Crippen LogP contribution in [0.5, 0.6) is 0 Å². The molecule has 3 heterocycles. The molecule has 0 radical (unpaired) electrons. The lowest BCUT2D eigenvalue weighted by Crippen LogP contribution is -2.33. The first-order valence-corrected chi connectivity index (χ1v) is 11.1. The molecule has 30 heavy (non-hydrogen) atoms. The minimum atomic E-state index is -0.470. The Bertz CT molecular complexity index is 932. The summed E-state index contributed by atoms with van der Waals surface area (Å²) < 4.78 is 0. The average molecular weight is 423 g/mol. The van der Waals surface area contributed by atoms with E-state index in [-0.39, 0.29) is 5.91 Å². The molecule has 7 heteroatoms. The van der Waals surface area contributed by atoms with E-state index >= 15 is 0 Å². The lowest BCUT2D eigenvalue weighted by Gasteiger charge is -2.24. The number of amides is 1. The Morgan fingerprint density at radius 3 is 2.67 bits per heavy atom. The molecular formula is C23H26N4O2S. The molecule has 1 aromatic carbocycles. The summed E-state index contributed by atoms with van der Waals surface area (Å²) >= 11 is 1.42. The highest BCUT2D eigenvalue weighted by molar-refractivity contribution is 7.12. The number of nitrogens with one attached hydrogen (secondary N) is 1. The van der Waals surface area contributed by atoms with Crippen molar-refractivity contribution >= 4 is 28.7 Å². The quantitative estimate of drug-likeness (QED) is 0.635. The molecule has 0 spiro atoms. The lowest BCUT2D eigenvalue weighted by atomic mass is 10.1. The Hall–Kier alpha value is -2.74. The fourth-order valence-corrected chi connectivity index (χ4v) is 4.27. The smallest absolute Gasteiger partial charge is 0.265 e. The third-order valence-corrected chi connectivity index (χ3v) is 6.15. The molecule has 4 rings (SSSR count). The summed E-state index contributed by atoms with van der Waals surface area (Å²) in [5.41, 5.74) is 1.65. The zero-order valence-corrected chi connectivity index (χ0v) is 17.6. The zero-order chi connectivity index (χ0) is 20.8. The van der Waals surface area contributed by atoms with E-state index in [9.17, 15) is 9.90 Å². The minimum absolute atomic E-state index is 0.109. The largest absolute Gasteiger partial charge is 0.387 e. The second-order valence-electron chi connectivity index (χ2n) is 7.40. The Kier molecular flexibility index (Phi) is 6.74. The van der Waals surface area contributed by atoms with Crippen molar-refractivity contribution in [1.29, 1.82) is 0 Å². The highest BCUT2D eigenvalue weighted by Gasteiger charge is 2.19. The van der Waals surface area contributed by atoms with E-state index in [1.165, 1.54) is 11.3 Å². The Morgan fingerprint density at radius 1 is 1.07 bits per heavy atom. The normalized spacial score (nSPS) is 16.1. The van der Waals surface area contributed by atoms with Crippen LogP contribution in [0.1, 0.15) is 27.8 Å². The first-order valence-electron chi connectivity index (χ1n) is 10.2. The predicted octanol–water partition coefficient (Wildman–Crippen LogP) is 3.64. The van der Waals surface area contributed by atoms with E-state index in [0.29, 0.717) is 17.1 Å².